The predicted octanol–water partition coefficient (Wildman–Crippen LogP) is 2.00. The van der Waals surface area contributed by atoms with E-state index in [9.17, 15) is 9.90 Å². The number of hydrogen-bond acceptors (Lipinski definition) is 4. The lowest BCUT2D eigenvalue weighted by molar-refractivity contribution is 0.00305. The van der Waals surface area contributed by atoms with Crippen molar-refractivity contribution < 1.29 is 9.90 Å². The molecule has 1 aliphatic rings. The Labute approximate surface area is 148 Å². The SMILES string of the molecule is CN(C)C[C@]1(O)CCCN(C(=O)c2ccccc2-c2ncc[nH]2)CC1. The third-order valence-corrected chi connectivity index (χ3v) is 4.73. The van der Waals surface area contributed by atoms with Crippen molar-refractivity contribution in [2.45, 2.75) is 24.9 Å². The zero-order chi connectivity index (χ0) is 17.9. The molecular weight excluding hydrogens is 316 g/mol. The number of rotatable bonds is 4. The Bertz CT molecular complexity index is 714. The molecule has 0 aliphatic carbocycles. The number of H-pyrrole nitrogens is 1. The van der Waals surface area contributed by atoms with E-state index in [0.717, 1.165) is 18.4 Å². The standard InChI is InChI=1S/C19H26N4O2/c1-22(2)14-19(25)8-5-12-23(13-9-19)18(24)16-7-4-3-6-15(16)17-20-10-11-21-17/h3-4,6-7,10-11,25H,5,8-9,12-14H2,1-2H3,(H,20,21)/t19-/m0/s1. The molecule has 1 aromatic heterocycles. The summed E-state index contributed by atoms with van der Waals surface area (Å²) in [6.45, 7) is 1.86. The molecule has 1 saturated heterocycles. The summed E-state index contributed by atoms with van der Waals surface area (Å²) in [6.07, 6.45) is 5.56. The van der Waals surface area contributed by atoms with Gasteiger partial charge in [0.25, 0.3) is 5.91 Å². The highest BCUT2D eigenvalue weighted by molar-refractivity contribution is 6.00. The molecule has 2 N–H and O–H groups in total. The van der Waals surface area contributed by atoms with Crippen molar-refractivity contribution in [3.8, 4) is 11.4 Å². The van der Waals surface area contributed by atoms with Gasteiger partial charge < -0.3 is 19.9 Å². The normalized spacial score (nSPS) is 21.4. The minimum atomic E-state index is -0.723. The van der Waals surface area contributed by atoms with Crippen LogP contribution in [-0.2, 0) is 0 Å². The van der Waals surface area contributed by atoms with Gasteiger partial charge in [0, 0.05) is 37.6 Å². The van der Waals surface area contributed by atoms with Gasteiger partial charge in [-0.2, -0.15) is 0 Å². The van der Waals surface area contributed by atoms with Gasteiger partial charge in [0.1, 0.15) is 5.82 Å². The maximum atomic E-state index is 13.1. The molecule has 3 rings (SSSR count). The third kappa shape index (κ3) is 4.08. The molecule has 25 heavy (non-hydrogen) atoms. The lowest BCUT2D eigenvalue weighted by atomic mass is 9.94. The number of carbonyl (C=O) groups excluding carboxylic acids is 1. The Balaban J connectivity index is 1.78. The van der Waals surface area contributed by atoms with E-state index in [4.69, 9.17) is 0 Å². The summed E-state index contributed by atoms with van der Waals surface area (Å²) < 4.78 is 0. The van der Waals surface area contributed by atoms with Gasteiger partial charge in [0.15, 0.2) is 0 Å². The molecule has 0 radical (unpaired) electrons. The van der Waals surface area contributed by atoms with Crippen LogP contribution in [0.4, 0.5) is 0 Å². The smallest absolute Gasteiger partial charge is 0.254 e. The fourth-order valence-electron chi connectivity index (χ4n) is 3.59. The number of aromatic amines is 1. The minimum absolute atomic E-state index is 0.00102. The maximum Gasteiger partial charge on any atom is 0.254 e. The second-order valence-corrected chi connectivity index (χ2v) is 7.09. The Morgan fingerprint density at radius 2 is 2.12 bits per heavy atom. The summed E-state index contributed by atoms with van der Waals surface area (Å²) in [5.74, 6) is 0.698. The molecule has 0 unspecified atom stereocenters. The average molecular weight is 342 g/mol. The highest BCUT2D eigenvalue weighted by Gasteiger charge is 2.32. The van der Waals surface area contributed by atoms with Crippen LogP contribution in [0, 0.1) is 0 Å². The van der Waals surface area contributed by atoms with Crippen molar-refractivity contribution in [2.24, 2.45) is 0 Å². The van der Waals surface area contributed by atoms with Crippen LogP contribution in [0.3, 0.4) is 0 Å². The van der Waals surface area contributed by atoms with Crippen LogP contribution in [0.2, 0.25) is 0 Å². The quantitative estimate of drug-likeness (QED) is 0.891. The van der Waals surface area contributed by atoms with Crippen molar-refractivity contribution in [1.82, 2.24) is 19.8 Å². The van der Waals surface area contributed by atoms with Crippen LogP contribution in [0.25, 0.3) is 11.4 Å². The molecule has 0 saturated carbocycles. The first-order valence-corrected chi connectivity index (χ1v) is 8.74. The number of hydrogen-bond donors (Lipinski definition) is 2. The number of benzene rings is 1. The van der Waals surface area contributed by atoms with Gasteiger partial charge in [0.2, 0.25) is 0 Å². The summed E-state index contributed by atoms with van der Waals surface area (Å²) in [4.78, 5) is 24.3. The fourth-order valence-corrected chi connectivity index (χ4v) is 3.59. The summed E-state index contributed by atoms with van der Waals surface area (Å²) in [6, 6.07) is 7.54. The minimum Gasteiger partial charge on any atom is -0.388 e. The Hall–Kier alpha value is -2.18. The molecule has 134 valence electrons. The van der Waals surface area contributed by atoms with Crippen LogP contribution >= 0.6 is 0 Å². The first-order valence-electron chi connectivity index (χ1n) is 8.74. The summed E-state index contributed by atoms with van der Waals surface area (Å²) >= 11 is 0. The number of amides is 1. The first kappa shape index (κ1) is 17.6. The van der Waals surface area contributed by atoms with E-state index >= 15 is 0 Å². The third-order valence-electron chi connectivity index (χ3n) is 4.73. The highest BCUT2D eigenvalue weighted by atomic mass is 16.3. The van der Waals surface area contributed by atoms with Crippen LogP contribution in [0.15, 0.2) is 36.7 Å². The second kappa shape index (κ2) is 7.37. The van der Waals surface area contributed by atoms with Gasteiger partial charge in [0.05, 0.1) is 11.2 Å². The number of carbonyl (C=O) groups is 1. The predicted molar refractivity (Wildman–Crippen MR) is 97.3 cm³/mol. The van der Waals surface area contributed by atoms with Crippen LogP contribution in [0.5, 0.6) is 0 Å². The molecule has 1 fully saturated rings. The van der Waals surface area contributed by atoms with Crippen LogP contribution in [0.1, 0.15) is 29.6 Å². The molecule has 6 nitrogen and oxygen atoms in total. The van der Waals surface area contributed by atoms with E-state index in [1.165, 1.54) is 0 Å². The van der Waals surface area contributed by atoms with Gasteiger partial charge in [-0.25, -0.2) is 4.98 Å². The molecule has 1 atom stereocenters. The first-order chi connectivity index (χ1) is 12.0. The van der Waals surface area contributed by atoms with E-state index in [2.05, 4.69) is 9.97 Å². The number of nitrogens with one attached hydrogen (secondary N) is 1. The molecule has 1 aromatic carbocycles. The fraction of sp³-hybridized carbons (Fsp3) is 0.474. The maximum absolute atomic E-state index is 13.1. The number of nitrogens with zero attached hydrogens (tertiary/aromatic N) is 3. The van der Waals surface area contributed by atoms with E-state index in [-0.39, 0.29) is 5.91 Å². The molecule has 0 bridgehead atoms. The molecule has 1 amide bonds. The topological polar surface area (TPSA) is 72.5 Å². The Kier molecular flexibility index (Phi) is 5.20. The van der Waals surface area contributed by atoms with Crippen molar-refractivity contribution in [1.29, 1.82) is 0 Å². The number of aliphatic hydroxyl groups is 1. The van der Waals surface area contributed by atoms with E-state index in [1.807, 2.05) is 48.2 Å². The molecule has 1 aliphatic heterocycles. The van der Waals surface area contributed by atoms with Gasteiger partial charge >= 0.3 is 0 Å². The van der Waals surface area contributed by atoms with Crippen molar-refractivity contribution >= 4 is 5.91 Å². The molecular formula is C19H26N4O2. The molecule has 6 heteroatoms. The van der Waals surface area contributed by atoms with E-state index in [1.54, 1.807) is 12.4 Å². The summed E-state index contributed by atoms with van der Waals surface area (Å²) in [5.41, 5.74) is 0.736. The zero-order valence-corrected chi connectivity index (χ0v) is 14.9. The largest absolute Gasteiger partial charge is 0.388 e. The lowest BCUT2D eigenvalue weighted by Crippen LogP contribution is -2.41. The van der Waals surface area contributed by atoms with Crippen LogP contribution in [-0.4, -0.2) is 70.1 Å². The molecule has 2 aromatic rings. The highest BCUT2D eigenvalue weighted by Crippen LogP contribution is 2.26. The van der Waals surface area contributed by atoms with Gasteiger partial charge in [-0.1, -0.05) is 18.2 Å². The number of likely N-dealkylation sites (N-methyl/N-ethyl adjacent to an activating group) is 1. The van der Waals surface area contributed by atoms with Crippen molar-refractivity contribution in [2.75, 3.05) is 33.7 Å². The summed E-state index contributed by atoms with van der Waals surface area (Å²) in [5, 5.41) is 10.8. The van der Waals surface area contributed by atoms with Crippen molar-refractivity contribution in [3.05, 3.63) is 42.2 Å². The summed E-state index contributed by atoms with van der Waals surface area (Å²) in [7, 11) is 3.93. The average Bonchev–Trinajstić information content (AvgIpc) is 3.04. The lowest BCUT2D eigenvalue weighted by Gasteiger charge is -2.30. The second-order valence-electron chi connectivity index (χ2n) is 7.09. The van der Waals surface area contributed by atoms with Gasteiger partial charge in [-0.05, 0) is 39.4 Å². The Morgan fingerprint density at radius 1 is 1.32 bits per heavy atom. The Morgan fingerprint density at radius 3 is 2.84 bits per heavy atom. The number of imidazole rings is 1. The molecule has 2 heterocycles. The van der Waals surface area contributed by atoms with E-state index in [0.29, 0.717) is 37.4 Å². The van der Waals surface area contributed by atoms with E-state index < -0.39 is 5.60 Å². The van der Waals surface area contributed by atoms with Gasteiger partial charge in [-0.15, -0.1) is 0 Å². The van der Waals surface area contributed by atoms with Crippen LogP contribution < -0.4 is 0 Å². The molecule has 0 spiro atoms. The number of likely N-dealkylation sites (tertiary alicyclic amines) is 1. The zero-order valence-electron chi connectivity index (χ0n) is 14.9. The number of aromatic nitrogens is 2. The monoisotopic (exact) mass is 342 g/mol. The van der Waals surface area contributed by atoms with Crippen molar-refractivity contribution in [3.63, 3.8) is 0 Å². The van der Waals surface area contributed by atoms with Gasteiger partial charge in [-0.3, -0.25) is 4.79 Å².